The Morgan fingerprint density at radius 2 is 2.05 bits per heavy atom. The Labute approximate surface area is 119 Å². The fraction of sp³-hybridized carbons (Fsp3) is 0.533. The third-order valence-electron chi connectivity index (χ3n) is 3.60. The summed E-state index contributed by atoms with van der Waals surface area (Å²) in [4.78, 5) is 2.41. The summed E-state index contributed by atoms with van der Waals surface area (Å²) < 4.78 is 11.1. The molecule has 0 unspecified atom stereocenters. The highest BCUT2D eigenvalue weighted by atomic mass is 16.5. The van der Waals surface area contributed by atoms with Gasteiger partial charge in [-0.1, -0.05) is 5.16 Å². The minimum absolute atomic E-state index is 0.548. The topological polar surface area (TPSA) is 54.3 Å². The second kappa shape index (κ2) is 7.14. The van der Waals surface area contributed by atoms with Crippen molar-refractivity contribution in [3.8, 4) is 11.5 Å². The van der Waals surface area contributed by atoms with Gasteiger partial charge in [0.25, 0.3) is 0 Å². The van der Waals surface area contributed by atoms with Crippen LogP contribution in [0.2, 0.25) is 0 Å². The summed E-state index contributed by atoms with van der Waals surface area (Å²) in [6.07, 6.45) is 2.58. The zero-order valence-electron chi connectivity index (χ0n) is 12.1. The van der Waals surface area contributed by atoms with Crippen LogP contribution in [0.1, 0.15) is 25.3 Å². The summed E-state index contributed by atoms with van der Waals surface area (Å²) in [5, 5.41) is 12.0. The van der Waals surface area contributed by atoms with Crippen molar-refractivity contribution in [3.05, 3.63) is 23.8 Å². The summed E-state index contributed by atoms with van der Waals surface area (Å²) >= 11 is 0. The van der Waals surface area contributed by atoms with E-state index in [4.69, 9.17) is 14.7 Å². The Morgan fingerprint density at radius 3 is 2.70 bits per heavy atom. The molecule has 0 bridgehead atoms. The number of ether oxygens (including phenoxy) is 2. The molecule has 1 saturated heterocycles. The molecule has 1 aromatic carbocycles. The molecule has 5 heteroatoms. The molecule has 1 aromatic rings. The molecule has 1 fully saturated rings. The third-order valence-corrected chi connectivity index (χ3v) is 3.60. The maximum Gasteiger partial charge on any atom is 0.161 e. The first kappa shape index (κ1) is 14.7. The first-order valence-corrected chi connectivity index (χ1v) is 6.97. The summed E-state index contributed by atoms with van der Waals surface area (Å²) in [5.41, 5.74) is 1.36. The van der Waals surface area contributed by atoms with Gasteiger partial charge in [0.05, 0.1) is 12.8 Å². The van der Waals surface area contributed by atoms with Crippen molar-refractivity contribution in [2.45, 2.75) is 19.8 Å². The van der Waals surface area contributed by atoms with E-state index in [2.05, 4.69) is 10.1 Å². The molecule has 0 atom stereocenters. The lowest BCUT2D eigenvalue weighted by Crippen LogP contribution is -2.25. The van der Waals surface area contributed by atoms with Crippen LogP contribution in [0.5, 0.6) is 11.5 Å². The highest BCUT2D eigenvalue weighted by molar-refractivity contribution is 5.98. The van der Waals surface area contributed by atoms with Gasteiger partial charge in [0.2, 0.25) is 0 Å². The molecule has 20 heavy (non-hydrogen) atoms. The number of hydrogen-bond acceptors (Lipinski definition) is 5. The largest absolute Gasteiger partial charge is 0.493 e. The van der Waals surface area contributed by atoms with E-state index in [-0.39, 0.29) is 0 Å². The van der Waals surface area contributed by atoms with Crippen molar-refractivity contribution in [1.29, 1.82) is 0 Å². The van der Waals surface area contributed by atoms with Crippen molar-refractivity contribution >= 4 is 5.71 Å². The van der Waals surface area contributed by atoms with Gasteiger partial charge < -0.3 is 14.7 Å². The molecule has 1 aliphatic rings. The molecule has 0 radical (unpaired) electrons. The predicted molar refractivity (Wildman–Crippen MR) is 78.2 cm³/mol. The summed E-state index contributed by atoms with van der Waals surface area (Å²) in [5.74, 6) is 1.38. The van der Waals surface area contributed by atoms with E-state index in [0.29, 0.717) is 18.1 Å². The van der Waals surface area contributed by atoms with E-state index in [0.717, 1.165) is 17.9 Å². The first-order valence-electron chi connectivity index (χ1n) is 6.97. The number of nitrogens with zero attached hydrogens (tertiary/aromatic N) is 2. The molecular formula is C15H22N2O3. The van der Waals surface area contributed by atoms with Crippen LogP contribution in [-0.2, 0) is 0 Å². The normalized spacial score (nSPS) is 16.4. The Hall–Kier alpha value is -1.75. The number of rotatable bonds is 6. The standard InChI is InChI=1S/C15H22N2O3/c1-12(16-18)13-5-6-14(15(11-13)19-2)20-10-9-17-7-3-4-8-17/h5-6,11,18H,3-4,7-10H2,1-2H3/b16-12+. The average Bonchev–Trinajstić information content (AvgIpc) is 3.00. The molecule has 0 aliphatic carbocycles. The predicted octanol–water partition coefficient (Wildman–Crippen LogP) is 2.37. The van der Waals surface area contributed by atoms with Gasteiger partial charge in [0.15, 0.2) is 11.5 Å². The lowest BCUT2D eigenvalue weighted by molar-refractivity contribution is 0.230. The molecule has 0 aromatic heterocycles. The zero-order valence-corrected chi connectivity index (χ0v) is 12.1. The maximum absolute atomic E-state index is 8.79. The second-order valence-corrected chi connectivity index (χ2v) is 4.95. The molecule has 1 aliphatic heterocycles. The van der Waals surface area contributed by atoms with Crippen molar-refractivity contribution in [3.63, 3.8) is 0 Å². The molecule has 0 saturated carbocycles. The lowest BCUT2D eigenvalue weighted by Gasteiger charge is -2.16. The molecule has 0 spiro atoms. The van der Waals surface area contributed by atoms with Crippen LogP contribution in [0.3, 0.4) is 0 Å². The first-order chi connectivity index (χ1) is 9.74. The molecule has 5 nitrogen and oxygen atoms in total. The van der Waals surface area contributed by atoms with E-state index in [1.165, 1.54) is 25.9 Å². The Morgan fingerprint density at radius 1 is 1.30 bits per heavy atom. The highest BCUT2D eigenvalue weighted by Crippen LogP contribution is 2.28. The Bertz CT molecular complexity index is 468. The van der Waals surface area contributed by atoms with Crippen LogP contribution < -0.4 is 9.47 Å². The van der Waals surface area contributed by atoms with Gasteiger partial charge in [-0.05, 0) is 51.1 Å². The Balaban J connectivity index is 1.96. The number of oxime groups is 1. The molecule has 0 amide bonds. The van der Waals surface area contributed by atoms with E-state index in [1.54, 1.807) is 14.0 Å². The molecule has 1 N–H and O–H groups in total. The third kappa shape index (κ3) is 3.63. The summed E-state index contributed by atoms with van der Waals surface area (Å²) in [6.45, 7) is 5.69. The van der Waals surface area contributed by atoms with Crippen LogP contribution in [-0.4, -0.2) is 49.2 Å². The maximum atomic E-state index is 8.79. The van der Waals surface area contributed by atoms with E-state index in [9.17, 15) is 0 Å². The fourth-order valence-corrected chi connectivity index (χ4v) is 2.36. The van der Waals surface area contributed by atoms with Gasteiger partial charge in [0.1, 0.15) is 6.61 Å². The van der Waals surface area contributed by atoms with Crippen molar-refractivity contribution in [2.24, 2.45) is 5.16 Å². The van der Waals surface area contributed by atoms with Crippen LogP contribution in [0.15, 0.2) is 23.4 Å². The summed E-state index contributed by atoms with van der Waals surface area (Å²) in [7, 11) is 1.61. The SMILES string of the molecule is COc1cc(/C(C)=N/O)ccc1OCCN1CCCC1. The van der Waals surface area contributed by atoms with Crippen LogP contribution in [0.25, 0.3) is 0 Å². The van der Waals surface area contributed by atoms with Gasteiger partial charge in [-0.3, -0.25) is 4.90 Å². The molecule has 110 valence electrons. The van der Waals surface area contributed by atoms with Crippen molar-refractivity contribution in [2.75, 3.05) is 33.4 Å². The number of benzene rings is 1. The smallest absolute Gasteiger partial charge is 0.161 e. The minimum atomic E-state index is 0.548. The van der Waals surface area contributed by atoms with Gasteiger partial charge >= 0.3 is 0 Å². The lowest BCUT2D eigenvalue weighted by atomic mass is 10.1. The number of likely N-dealkylation sites (tertiary alicyclic amines) is 1. The van der Waals surface area contributed by atoms with Gasteiger partial charge in [-0.15, -0.1) is 0 Å². The van der Waals surface area contributed by atoms with Crippen LogP contribution >= 0.6 is 0 Å². The van der Waals surface area contributed by atoms with E-state index in [1.807, 2.05) is 18.2 Å². The Kier molecular flexibility index (Phi) is 5.24. The average molecular weight is 278 g/mol. The number of hydrogen-bond donors (Lipinski definition) is 1. The van der Waals surface area contributed by atoms with Crippen molar-refractivity contribution in [1.82, 2.24) is 4.90 Å². The monoisotopic (exact) mass is 278 g/mol. The minimum Gasteiger partial charge on any atom is -0.493 e. The highest BCUT2D eigenvalue weighted by Gasteiger charge is 2.12. The quantitative estimate of drug-likeness (QED) is 0.493. The van der Waals surface area contributed by atoms with E-state index < -0.39 is 0 Å². The number of methoxy groups -OCH3 is 1. The van der Waals surface area contributed by atoms with Gasteiger partial charge in [-0.2, -0.15) is 0 Å². The molecule has 2 rings (SSSR count). The zero-order chi connectivity index (χ0) is 14.4. The molecule has 1 heterocycles. The van der Waals surface area contributed by atoms with Crippen LogP contribution in [0, 0.1) is 0 Å². The fourth-order valence-electron chi connectivity index (χ4n) is 2.36. The van der Waals surface area contributed by atoms with Gasteiger partial charge in [-0.25, -0.2) is 0 Å². The summed E-state index contributed by atoms with van der Waals surface area (Å²) in [6, 6.07) is 5.54. The van der Waals surface area contributed by atoms with E-state index >= 15 is 0 Å². The molecular weight excluding hydrogens is 256 g/mol. The van der Waals surface area contributed by atoms with Crippen LogP contribution in [0.4, 0.5) is 0 Å². The van der Waals surface area contributed by atoms with Gasteiger partial charge in [0, 0.05) is 12.1 Å². The second-order valence-electron chi connectivity index (χ2n) is 4.95. The van der Waals surface area contributed by atoms with Crippen molar-refractivity contribution < 1.29 is 14.7 Å².